The zero-order valence-electron chi connectivity index (χ0n) is 8.29. The van der Waals surface area contributed by atoms with Crippen LogP contribution in [-0.2, 0) is 4.74 Å². The lowest BCUT2D eigenvalue weighted by molar-refractivity contribution is 0.0600. The second-order valence-electron chi connectivity index (χ2n) is 2.81. The summed E-state index contributed by atoms with van der Waals surface area (Å²) in [5.74, 6) is -0.287. The number of ether oxygens (including phenoxy) is 1. The van der Waals surface area contributed by atoms with Crippen molar-refractivity contribution in [3.05, 3.63) is 29.8 Å². The van der Waals surface area contributed by atoms with E-state index in [1.165, 1.54) is 7.11 Å². The van der Waals surface area contributed by atoms with Crippen LogP contribution in [0.4, 0.5) is 0 Å². The molecule has 4 heteroatoms. The Morgan fingerprint density at radius 2 is 2.40 bits per heavy atom. The number of hydrogen-bond donors (Lipinski definition) is 0. The second-order valence-corrected chi connectivity index (χ2v) is 4.90. The normalized spacial score (nSPS) is 10.0. The summed E-state index contributed by atoms with van der Waals surface area (Å²) in [6.45, 7) is 0. The first-order chi connectivity index (χ1) is 7.27. The van der Waals surface area contributed by atoms with Gasteiger partial charge in [0.15, 0.2) is 0 Å². The third kappa shape index (κ3) is 1.69. The molecule has 0 bridgehead atoms. The van der Waals surface area contributed by atoms with E-state index in [-0.39, 0.29) is 5.97 Å². The van der Waals surface area contributed by atoms with Crippen LogP contribution < -0.4 is 0 Å². The van der Waals surface area contributed by atoms with Crippen molar-refractivity contribution in [3.8, 4) is 0 Å². The fourth-order valence-corrected chi connectivity index (χ4v) is 3.20. The fourth-order valence-electron chi connectivity index (χ4n) is 1.35. The van der Waals surface area contributed by atoms with Crippen LogP contribution in [0.1, 0.15) is 10.4 Å². The lowest BCUT2D eigenvalue weighted by Gasteiger charge is -1.98. The molecular formula is C11H8O2S2. The summed E-state index contributed by atoms with van der Waals surface area (Å²) in [5, 5.41) is 0.898. The van der Waals surface area contributed by atoms with Crippen LogP contribution >= 0.6 is 23.1 Å². The van der Waals surface area contributed by atoms with E-state index in [0.29, 0.717) is 5.56 Å². The Morgan fingerprint density at radius 3 is 3.07 bits per heavy atom. The average Bonchev–Trinajstić information content (AvgIpc) is 2.66. The van der Waals surface area contributed by atoms with Gasteiger partial charge in [-0.2, -0.15) is 0 Å². The summed E-state index contributed by atoms with van der Waals surface area (Å²) in [4.78, 5) is 11.6. The number of methoxy groups -OCH3 is 1. The first kappa shape index (κ1) is 10.3. The molecule has 0 radical (unpaired) electrons. The zero-order chi connectivity index (χ0) is 10.8. The Labute approximate surface area is 96.2 Å². The van der Waals surface area contributed by atoms with Gasteiger partial charge < -0.3 is 4.74 Å². The highest BCUT2D eigenvalue weighted by Crippen LogP contribution is 2.36. The molecule has 0 saturated carbocycles. The molecule has 0 unspecified atom stereocenters. The standard InChI is InChI=1S/C11H8O2S2/c1-13-10(12)9-7-5-3-4-6-8(7)15-11(9)14-2/h3,5H,1-2H3. The molecule has 0 aliphatic heterocycles. The zero-order valence-corrected chi connectivity index (χ0v) is 9.92. The van der Waals surface area contributed by atoms with Gasteiger partial charge in [-0.25, -0.2) is 4.79 Å². The monoisotopic (exact) mass is 236 g/mol. The molecule has 2 rings (SSSR count). The molecule has 0 N–H and O–H groups in total. The largest absolute Gasteiger partial charge is 0.465 e. The van der Waals surface area contributed by atoms with Gasteiger partial charge in [-0.15, -0.1) is 23.1 Å². The highest BCUT2D eigenvalue weighted by atomic mass is 32.2. The van der Waals surface area contributed by atoms with Crippen molar-refractivity contribution in [2.24, 2.45) is 0 Å². The molecule has 0 spiro atoms. The lowest BCUT2D eigenvalue weighted by Crippen LogP contribution is -2.00. The number of carbonyl (C=O) groups excluding carboxylic acids is 1. The van der Waals surface area contributed by atoms with Gasteiger partial charge in [0.1, 0.15) is 0 Å². The maximum Gasteiger partial charge on any atom is 0.340 e. The van der Waals surface area contributed by atoms with E-state index < -0.39 is 0 Å². The molecule has 0 amide bonds. The third-order valence-corrected chi connectivity index (χ3v) is 4.25. The first-order valence-electron chi connectivity index (χ1n) is 4.25. The van der Waals surface area contributed by atoms with Gasteiger partial charge in [-0.3, -0.25) is 0 Å². The van der Waals surface area contributed by atoms with Gasteiger partial charge >= 0.3 is 5.97 Å². The number of fused-ring (bicyclic) bond motifs is 1. The SMILES string of the molecule is COC(=O)c1c(SC)sc2c#cccc12. The Bertz CT molecular complexity index is 502. The number of rotatable bonds is 2. The van der Waals surface area contributed by atoms with Crippen LogP contribution in [0.5, 0.6) is 0 Å². The minimum Gasteiger partial charge on any atom is -0.465 e. The summed E-state index contributed by atoms with van der Waals surface area (Å²) < 4.78 is 6.69. The van der Waals surface area contributed by atoms with Crippen LogP contribution in [0.2, 0.25) is 0 Å². The summed E-state index contributed by atoms with van der Waals surface area (Å²) >= 11 is 3.09. The van der Waals surface area contributed by atoms with Crippen LogP contribution in [-0.4, -0.2) is 19.3 Å². The van der Waals surface area contributed by atoms with Crippen LogP contribution in [0.15, 0.2) is 16.3 Å². The van der Waals surface area contributed by atoms with E-state index >= 15 is 0 Å². The molecule has 0 fully saturated rings. The van der Waals surface area contributed by atoms with Crippen molar-refractivity contribution in [2.75, 3.05) is 13.4 Å². The maximum absolute atomic E-state index is 11.6. The molecule has 0 aliphatic rings. The van der Waals surface area contributed by atoms with Gasteiger partial charge in [0.05, 0.1) is 21.6 Å². The number of esters is 1. The smallest absolute Gasteiger partial charge is 0.340 e. The maximum atomic E-state index is 11.6. The van der Waals surface area contributed by atoms with Gasteiger partial charge in [-0.1, -0.05) is 12.1 Å². The highest BCUT2D eigenvalue weighted by Gasteiger charge is 2.18. The number of thioether (sulfide) groups is 1. The number of carbonyl (C=O) groups is 1. The minimum atomic E-state index is -0.287. The first-order valence-corrected chi connectivity index (χ1v) is 6.29. The molecule has 0 atom stereocenters. The predicted octanol–water partition coefficient (Wildman–Crippen LogP) is 3.01. The molecule has 2 nitrogen and oxygen atoms in total. The highest BCUT2D eigenvalue weighted by molar-refractivity contribution is 8.00. The molecule has 2 aromatic rings. The van der Waals surface area contributed by atoms with E-state index in [9.17, 15) is 4.79 Å². The Hall–Kier alpha value is -1.18. The topological polar surface area (TPSA) is 26.3 Å². The molecule has 15 heavy (non-hydrogen) atoms. The van der Waals surface area contributed by atoms with Gasteiger partial charge in [-0.05, 0) is 18.4 Å². The van der Waals surface area contributed by atoms with E-state index in [2.05, 4.69) is 12.1 Å². The number of thiophene rings is 1. The molecule has 0 aliphatic carbocycles. The van der Waals surface area contributed by atoms with E-state index in [4.69, 9.17) is 4.74 Å². The van der Waals surface area contributed by atoms with E-state index in [1.807, 2.05) is 12.3 Å². The third-order valence-electron chi connectivity index (χ3n) is 2.01. The Balaban J connectivity index is 2.72. The van der Waals surface area contributed by atoms with E-state index in [1.54, 1.807) is 29.2 Å². The summed E-state index contributed by atoms with van der Waals surface area (Å²) in [6, 6.07) is 9.50. The van der Waals surface area contributed by atoms with Gasteiger partial charge in [0.2, 0.25) is 0 Å². The van der Waals surface area contributed by atoms with Crippen molar-refractivity contribution >= 4 is 39.2 Å². The quantitative estimate of drug-likeness (QED) is 0.592. The van der Waals surface area contributed by atoms with Crippen LogP contribution in [0.25, 0.3) is 10.1 Å². The van der Waals surface area contributed by atoms with Crippen molar-refractivity contribution < 1.29 is 9.53 Å². The molecule has 1 aromatic heterocycles. The second kappa shape index (κ2) is 4.13. The fraction of sp³-hybridized carbons (Fsp3) is 0.182. The van der Waals surface area contributed by atoms with Crippen molar-refractivity contribution in [2.45, 2.75) is 4.21 Å². The van der Waals surface area contributed by atoms with Crippen molar-refractivity contribution in [1.29, 1.82) is 0 Å². The van der Waals surface area contributed by atoms with Crippen LogP contribution in [0.3, 0.4) is 0 Å². The molecule has 76 valence electrons. The summed E-state index contributed by atoms with van der Waals surface area (Å²) in [6.07, 6.45) is 1.95. The predicted molar refractivity (Wildman–Crippen MR) is 62.6 cm³/mol. The lowest BCUT2D eigenvalue weighted by atomic mass is 10.2. The average molecular weight is 236 g/mol. The van der Waals surface area contributed by atoms with Gasteiger partial charge in [0, 0.05) is 5.39 Å². The molecule has 1 heterocycles. The summed E-state index contributed by atoms with van der Waals surface area (Å²) in [5.41, 5.74) is 0.648. The van der Waals surface area contributed by atoms with Gasteiger partial charge in [0.25, 0.3) is 0 Å². The molecule has 0 saturated heterocycles. The van der Waals surface area contributed by atoms with E-state index in [0.717, 1.165) is 14.3 Å². The van der Waals surface area contributed by atoms with Crippen molar-refractivity contribution in [3.63, 3.8) is 0 Å². The molecule has 1 aromatic carbocycles. The Morgan fingerprint density at radius 1 is 1.60 bits per heavy atom. The molecular weight excluding hydrogens is 228 g/mol. The Kier molecular flexibility index (Phi) is 2.85. The summed E-state index contributed by atoms with van der Waals surface area (Å²) in [7, 11) is 1.40. The van der Waals surface area contributed by atoms with Crippen molar-refractivity contribution in [1.82, 2.24) is 0 Å². The van der Waals surface area contributed by atoms with Crippen LogP contribution in [0, 0.1) is 12.1 Å². The minimum absolute atomic E-state index is 0.287. The number of hydrogen-bond acceptors (Lipinski definition) is 4.